The van der Waals surface area contributed by atoms with E-state index in [1.807, 2.05) is 27.0 Å². The lowest BCUT2D eigenvalue weighted by Crippen LogP contribution is -2.40. The van der Waals surface area contributed by atoms with Crippen LogP contribution in [0, 0.1) is 0 Å². The summed E-state index contributed by atoms with van der Waals surface area (Å²) in [4.78, 5) is 20.5. The van der Waals surface area contributed by atoms with Gasteiger partial charge in [0, 0.05) is 22.0 Å². The summed E-state index contributed by atoms with van der Waals surface area (Å²) in [5.74, 6) is 1.08. The number of nitrogens with zero attached hydrogens (tertiary/aromatic N) is 1. The third-order valence-electron chi connectivity index (χ3n) is 6.27. The molecule has 0 aliphatic heterocycles. The Morgan fingerprint density at radius 2 is 1.79 bits per heavy atom. The van der Waals surface area contributed by atoms with Crippen molar-refractivity contribution in [3.05, 3.63) is 65.0 Å². The minimum absolute atomic E-state index is 0.0288. The number of aromatic amines is 1. The Morgan fingerprint density at radius 1 is 1.06 bits per heavy atom. The lowest BCUT2D eigenvalue weighted by Gasteiger charge is -2.24. The van der Waals surface area contributed by atoms with Crippen molar-refractivity contribution in [2.24, 2.45) is 0 Å². The number of hydrogen-bond acceptors (Lipinski definition) is 3. The number of hydrogen-bond donors (Lipinski definition) is 2. The van der Waals surface area contributed by atoms with Gasteiger partial charge in [0.1, 0.15) is 11.4 Å². The number of rotatable bonds is 3. The summed E-state index contributed by atoms with van der Waals surface area (Å²) < 4.78 is 6.54. The van der Waals surface area contributed by atoms with Crippen LogP contribution in [-0.4, -0.2) is 27.7 Å². The quantitative estimate of drug-likeness (QED) is 0.287. The smallest absolute Gasteiger partial charge is 0.407 e. The van der Waals surface area contributed by atoms with E-state index >= 15 is 0 Å². The summed E-state index contributed by atoms with van der Waals surface area (Å²) in [6.07, 6.45) is 4.52. The Morgan fingerprint density at radius 3 is 2.55 bits per heavy atom. The molecular formula is C27H28BrN3O2. The topological polar surface area (TPSA) is 67.0 Å². The second-order valence-electron chi connectivity index (χ2n) is 9.84. The van der Waals surface area contributed by atoms with E-state index in [1.165, 1.54) is 21.5 Å². The van der Waals surface area contributed by atoms with E-state index in [1.54, 1.807) is 0 Å². The molecule has 2 unspecified atom stereocenters. The maximum atomic E-state index is 12.3. The normalized spacial score (nSPS) is 18.7. The standard InChI is InChI=1S/C27H28BrN3O2/c1-27(2,3)33-26(32)31-23-6-4-5-22(23)25-29-15-24(30-25)18-9-11-20-16(13-18)7-8-17-14-19(28)10-12-21(17)20/h7-15,22-23H,4-6H2,1-3H3,(H,29,30)(H,31,32). The summed E-state index contributed by atoms with van der Waals surface area (Å²) in [6.45, 7) is 5.63. The maximum Gasteiger partial charge on any atom is 0.407 e. The molecule has 4 aromatic rings. The van der Waals surface area contributed by atoms with E-state index in [-0.39, 0.29) is 18.1 Å². The molecular weight excluding hydrogens is 478 g/mol. The van der Waals surface area contributed by atoms with Gasteiger partial charge in [0.2, 0.25) is 0 Å². The molecule has 1 aromatic heterocycles. The first-order valence-electron chi connectivity index (χ1n) is 11.4. The van der Waals surface area contributed by atoms with Gasteiger partial charge >= 0.3 is 6.09 Å². The van der Waals surface area contributed by atoms with Crippen molar-refractivity contribution in [3.8, 4) is 11.3 Å². The van der Waals surface area contributed by atoms with Crippen molar-refractivity contribution >= 4 is 43.6 Å². The fourth-order valence-electron chi connectivity index (χ4n) is 4.80. The molecule has 0 bridgehead atoms. The van der Waals surface area contributed by atoms with Crippen molar-refractivity contribution in [2.45, 2.75) is 57.6 Å². The Kier molecular flexibility index (Phi) is 5.65. The average molecular weight is 506 g/mol. The number of carbonyl (C=O) groups is 1. The number of fused-ring (bicyclic) bond motifs is 3. The van der Waals surface area contributed by atoms with Gasteiger partial charge in [-0.3, -0.25) is 0 Å². The van der Waals surface area contributed by atoms with E-state index in [9.17, 15) is 4.79 Å². The number of H-pyrrole nitrogens is 1. The van der Waals surface area contributed by atoms with Crippen LogP contribution >= 0.6 is 15.9 Å². The predicted molar refractivity (Wildman–Crippen MR) is 136 cm³/mol. The highest BCUT2D eigenvalue weighted by Crippen LogP contribution is 2.35. The van der Waals surface area contributed by atoms with Crippen LogP contribution in [0.5, 0.6) is 0 Å². The van der Waals surface area contributed by atoms with Gasteiger partial charge in [0.25, 0.3) is 0 Å². The molecule has 1 aliphatic rings. The summed E-state index contributed by atoms with van der Waals surface area (Å²) in [5.41, 5.74) is 1.59. The van der Waals surface area contributed by atoms with Crippen LogP contribution in [0.25, 0.3) is 32.8 Å². The fraction of sp³-hybridized carbons (Fsp3) is 0.333. The Labute approximate surface area is 202 Å². The van der Waals surface area contributed by atoms with Gasteiger partial charge in [-0.1, -0.05) is 52.7 Å². The third kappa shape index (κ3) is 4.62. The molecule has 1 heterocycles. The van der Waals surface area contributed by atoms with Gasteiger partial charge in [-0.05, 0) is 73.4 Å². The average Bonchev–Trinajstić information content (AvgIpc) is 3.41. The number of aromatic nitrogens is 2. The van der Waals surface area contributed by atoms with Crippen LogP contribution in [-0.2, 0) is 4.74 Å². The van der Waals surface area contributed by atoms with E-state index in [0.717, 1.165) is 40.8 Å². The molecule has 0 saturated heterocycles. The highest BCUT2D eigenvalue weighted by Gasteiger charge is 2.33. The summed E-state index contributed by atoms with van der Waals surface area (Å²) in [6, 6.07) is 17.3. The zero-order chi connectivity index (χ0) is 23.2. The van der Waals surface area contributed by atoms with Gasteiger partial charge in [0.15, 0.2) is 0 Å². The second kappa shape index (κ2) is 8.49. The van der Waals surface area contributed by atoms with E-state index < -0.39 is 5.60 Å². The first kappa shape index (κ1) is 22.0. The summed E-state index contributed by atoms with van der Waals surface area (Å²) >= 11 is 3.56. The molecule has 5 rings (SSSR count). The van der Waals surface area contributed by atoms with Crippen molar-refractivity contribution < 1.29 is 9.53 Å². The Balaban J connectivity index is 1.39. The molecule has 3 aromatic carbocycles. The van der Waals surface area contributed by atoms with Gasteiger partial charge in [-0.15, -0.1) is 0 Å². The molecule has 6 heteroatoms. The highest BCUT2D eigenvalue weighted by molar-refractivity contribution is 9.10. The molecule has 1 aliphatic carbocycles. The van der Waals surface area contributed by atoms with Crippen molar-refractivity contribution in [2.75, 3.05) is 0 Å². The lowest BCUT2D eigenvalue weighted by atomic mass is 9.99. The number of imidazole rings is 1. The monoisotopic (exact) mass is 505 g/mol. The van der Waals surface area contributed by atoms with E-state index in [0.29, 0.717) is 0 Å². The summed E-state index contributed by atoms with van der Waals surface area (Å²) in [7, 11) is 0. The minimum atomic E-state index is -0.506. The molecule has 2 N–H and O–H groups in total. The number of amides is 1. The van der Waals surface area contributed by atoms with Crippen LogP contribution in [0.2, 0.25) is 0 Å². The number of ether oxygens (including phenoxy) is 1. The molecule has 2 atom stereocenters. The van der Waals surface area contributed by atoms with Crippen molar-refractivity contribution in [1.82, 2.24) is 15.3 Å². The highest BCUT2D eigenvalue weighted by atomic mass is 79.9. The molecule has 5 nitrogen and oxygen atoms in total. The fourth-order valence-corrected chi connectivity index (χ4v) is 5.18. The number of benzene rings is 3. The summed E-state index contributed by atoms with van der Waals surface area (Å²) in [5, 5.41) is 7.95. The number of nitrogens with one attached hydrogen (secondary N) is 2. The van der Waals surface area contributed by atoms with Gasteiger partial charge in [-0.2, -0.15) is 0 Å². The first-order valence-corrected chi connectivity index (χ1v) is 12.2. The number of carbonyl (C=O) groups excluding carboxylic acids is 1. The number of alkyl carbamates (subject to hydrolysis) is 1. The Bertz CT molecular complexity index is 1340. The van der Waals surface area contributed by atoms with Gasteiger partial charge < -0.3 is 15.0 Å². The van der Waals surface area contributed by atoms with Crippen molar-refractivity contribution in [1.29, 1.82) is 0 Å². The van der Waals surface area contributed by atoms with E-state index in [4.69, 9.17) is 9.72 Å². The lowest BCUT2D eigenvalue weighted by molar-refractivity contribution is 0.0500. The van der Waals surface area contributed by atoms with Crippen LogP contribution in [0.15, 0.2) is 59.2 Å². The van der Waals surface area contributed by atoms with E-state index in [2.05, 4.69) is 74.8 Å². The zero-order valence-corrected chi connectivity index (χ0v) is 20.7. The first-order chi connectivity index (χ1) is 15.8. The molecule has 1 saturated carbocycles. The van der Waals surface area contributed by atoms with Crippen molar-refractivity contribution in [3.63, 3.8) is 0 Å². The van der Waals surface area contributed by atoms with Gasteiger partial charge in [-0.25, -0.2) is 9.78 Å². The molecule has 0 spiro atoms. The van der Waals surface area contributed by atoms with Gasteiger partial charge in [0.05, 0.1) is 11.9 Å². The zero-order valence-electron chi connectivity index (χ0n) is 19.1. The number of halogens is 1. The van der Waals surface area contributed by atoms with Crippen LogP contribution in [0.1, 0.15) is 51.8 Å². The minimum Gasteiger partial charge on any atom is -0.444 e. The second-order valence-corrected chi connectivity index (χ2v) is 10.8. The maximum absolute atomic E-state index is 12.3. The predicted octanol–water partition coefficient (Wildman–Crippen LogP) is 7.31. The molecule has 0 radical (unpaired) electrons. The largest absolute Gasteiger partial charge is 0.444 e. The SMILES string of the molecule is CC(C)(C)OC(=O)NC1CCCC1c1ncc(-c2ccc3c(ccc4cc(Br)ccc43)c2)[nH]1. The molecule has 1 amide bonds. The molecule has 33 heavy (non-hydrogen) atoms. The van der Waals surface area contributed by atoms with Crippen LogP contribution in [0.4, 0.5) is 4.79 Å². The molecule has 1 fully saturated rings. The van der Waals surface area contributed by atoms with Crippen LogP contribution < -0.4 is 5.32 Å². The van der Waals surface area contributed by atoms with Crippen LogP contribution in [0.3, 0.4) is 0 Å². The molecule has 170 valence electrons. The third-order valence-corrected chi connectivity index (χ3v) is 6.77. The Hall–Kier alpha value is -2.86.